The first-order valence-corrected chi connectivity index (χ1v) is 24.3. The number of pyridine rings is 2. The summed E-state index contributed by atoms with van der Waals surface area (Å²) in [5.74, 6) is 6.54. The summed E-state index contributed by atoms with van der Waals surface area (Å²) in [7, 11) is 0. The monoisotopic (exact) mass is 886 g/mol. The zero-order valence-electron chi connectivity index (χ0n) is 30.0. The molecular formula is C43H42GeIrN2S-2. The zero-order chi connectivity index (χ0) is 34.2. The third-order valence-electron chi connectivity index (χ3n) is 8.72. The van der Waals surface area contributed by atoms with Gasteiger partial charge in [0.2, 0.25) is 0 Å². The molecule has 48 heavy (non-hydrogen) atoms. The SMILES string of the molecule is Cc1cc(-c2[c-]cccc2)nc[c]1[Ge]([CH3])([CH3])[CH3].[2H]C(C)(C)c1ccnc(-c2[c-]ccc3c2sc2c(C)c(-c4ccccc4)c(C)cc23)c1.[Ir]. The largest absolute Gasteiger partial charge is 0.305 e. The number of rotatable bonds is 5. The molecule has 3 heterocycles. The minimum Gasteiger partial charge on any atom is -0.305 e. The molecule has 0 N–H and O–H groups in total. The predicted molar refractivity (Wildman–Crippen MR) is 207 cm³/mol. The molecule has 0 aliphatic carbocycles. The van der Waals surface area contributed by atoms with Gasteiger partial charge in [0.05, 0.1) is 0 Å². The van der Waals surface area contributed by atoms with Crippen LogP contribution in [0.5, 0.6) is 0 Å². The number of nitrogens with zero attached hydrogens (tertiary/aromatic N) is 2. The van der Waals surface area contributed by atoms with Gasteiger partial charge < -0.3 is 4.98 Å². The quantitative estimate of drug-likeness (QED) is 0.127. The Hall–Kier alpha value is -3.41. The Bertz CT molecular complexity index is 2230. The molecule has 1 radical (unpaired) electrons. The van der Waals surface area contributed by atoms with Crippen LogP contribution in [0.3, 0.4) is 0 Å². The van der Waals surface area contributed by atoms with Crippen molar-refractivity contribution in [3.63, 3.8) is 0 Å². The molecule has 4 aromatic carbocycles. The van der Waals surface area contributed by atoms with E-state index in [1.807, 2.05) is 67.8 Å². The average molecular weight is 885 g/mol. The topological polar surface area (TPSA) is 25.8 Å². The summed E-state index contributed by atoms with van der Waals surface area (Å²) < 4.78 is 12.4. The van der Waals surface area contributed by atoms with Crippen molar-refractivity contribution < 1.29 is 21.5 Å². The van der Waals surface area contributed by atoms with Crippen LogP contribution < -0.4 is 4.40 Å². The Balaban J connectivity index is 0.000000221. The van der Waals surface area contributed by atoms with Crippen LogP contribution in [0.4, 0.5) is 0 Å². The van der Waals surface area contributed by atoms with E-state index in [0.29, 0.717) is 0 Å². The van der Waals surface area contributed by atoms with Gasteiger partial charge >= 0.3 is 106 Å². The molecular weight excluding hydrogens is 841 g/mol. The van der Waals surface area contributed by atoms with Crippen molar-refractivity contribution in [1.29, 1.82) is 0 Å². The van der Waals surface area contributed by atoms with Crippen molar-refractivity contribution >= 4 is 49.2 Å². The molecule has 3 aromatic heterocycles. The number of aryl methyl sites for hydroxylation is 3. The van der Waals surface area contributed by atoms with E-state index in [1.54, 1.807) is 0 Å². The van der Waals surface area contributed by atoms with E-state index >= 15 is 0 Å². The molecule has 5 heteroatoms. The molecule has 0 amide bonds. The molecule has 0 unspecified atom stereocenters. The molecule has 0 atom stereocenters. The summed E-state index contributed by atoms with van der Waals surface area (Å²) in [4.78, 5) is 9.23. The molecule has 0 aliphatic rings. The summed E-state index contributed by atoms with van der Waals surface area (Å²) in [5.41, 5.74) is 11.5. The van der Waals surface area contributed by atoms with Crippen molar-refractivity contribution in [2.45, 2.75) is 57.8 Å². The molecule has 7 aromatic rings. The van der Waals surface area contributed by atoms with E-state index in [-0.39, 0.29) is 20.1 Å². The fraction of sp³-hybridized carbons (Fsp3) is 0.209. The van der Waals surface area contributed by atoms with Crippen LogP contribution in [0, 0.1) is 32.9 Å². The second kappa shape index (κ2) is 15.0. The average Bonchev–Trinajstić information content (AvgIpc) is 3.44. The van der Waals surface area contributed by atoms with Gasteiger partial charge in [-0.15, -0.1) is 23.8 Å². The molecule has 0 spiro atoms. The second-order valence-electron chi connectivity index (χ2n) is 13.5. The fourth-order valence-corrected chi connectivity index (χ4v) is 11.2. The molecule has 0 aliphatic heterocycles. The molecule has 0 saturated carbocycles. The van der Waals surface area contributed by atoms with E-state index in [4.69, 9.17) is 1.37 Å². The maximum absolute atomic E-state index is 8.40. The van der Waals surface area contributed by atoms with E-state index in [9.17, 15) is 0 Å². The van der Waals surface area contributed by atoms with Gasteiger partial charge in [-0.3, -0.25) is 0 Å². The molecule has 2 nitrogen and oxygen atoms in total. The number of benzene rings is 4. The van der Waals surface area contributed by atoms with E-state index in [0.717, 1.165) is 28.1 Å². The Kier molecular flexibility index (Phi) is 10.8. The first-order valence-electron chi connectivity index (χ1n) is 16.7. The Morgan fingerprint density at radius 1 is 0.750 bits per heavy atom. The van der Waals surface area contributed by atoms with Crippen molar-refractivity contribution in [3.05, 3.63) is 138 Å². The van der Waals surface area contributed by atoms with Gasteiger partial charge in [0.15, 0.2) is 0 Å². The number of thiophene rings is 1. The van der Waals surface area contributed by atoms with Gasteiger partial charge in [0.1, 0.15) is 0 Å². The Labute approximate surface area is 307 Å². The van der Waals surface area contributed by atoms with Gasteiger partial charge in [0, 0.05) is 32.4 Å². The molecule has 0 saturated heterocycles. The zero-order valence-corrected chi connectivity index (χ0v) is 34.3. The van der Waals surface area contributed by atoms with Crippen molar-refractivity contribution in [2.24, 2.45) is 0 Å². The van der Waals surface area contributed by atoms with Gasteiger partial charge in [0.25, 0.3) is 0 Å². The normalized spacial score (nSPS) is 11.9. The molecule has 245 valence electrons. The first-order chi connectivity index (χ1) is 22.8. The van der Waals surface area contributed by atoms with Gasteiger partial charge in [-0.2, -0.15) is 11.3 Å². The van der Waals surface area contributed by atoms with Crippen molar-refractivity contribution in [2.75, 3.05) is 0 Å². The molecule has 0 bridgehead atoms. The maximum atomic E-state index is 8.40. The van der Waals surface area contributed by atoms with Crippen LogP contribution >= 0.6 is 11.3 Å². The predicted octanol–water partition coefficient (Wildman–Crippen LogP) is 11.7. The fourth-order valence-electron chi connectivity index (χ4n) is 6.36. The second-order valence-corrected chi connectivity index (χ2v) is 25.1. The van der Waals surface area contributed by atoms with Gasteiger partial charge in [-0.1, -0.05) is 67.3 Å². The maximum Gasteiger partial charge on any atom is 0.0346 e. The smallest absolute Gasteiger partial charge is 0.0346 e. The minimum absolute atomic E-state index is 0. The summed E-state index contributed by atoms with van der Waals surface area (Å²) in [5, 5.41) is 2.54. The summed E-state index contributed by atoms with van der Waals surface area (Å²) >= 11 is 0.0499. The van der Waals surface area contributed by atoms with Crippen molar-refractivity contribution in [1.82, 2.24) is 9.97 Å². The van der Waals surface area contributed by atoms with Crippen molar-refractivity contribution in [3.8, 4) is 33.6 Å². The number of aromatic nitrogens is 2. The van der Waals surface area contributed by atoms with Crippen LogP contribution in [0.1, 0.15) is 43.4 Å². The van der Waals surface area contributed by atoms with Crippen LogP contribution in [-0.2, 0) is 20.1 Å². The van der Waals surface area contributed by atoms with Gasteiger partial charge in [-0.05, 0) is 63.8 Å². The molecule has 7 rings (SSSR count). The number of hydrogen-bond acceptors (Lipinski definition) is 3. The third kappa shape index (κ3) is 7.43. The Morgan fingerprint density at radius 3 is 2.17 bits per heavy atom. The summed E-state index contributed by atoms with van der Waals surface area (Å²) in [6, 6.07) is 37.9. The van der Waals surface area contributed by atoms with Crippen LogP contribution in [-0.4, -0.2) is 23.2 Å². The van der Waals surface area contributed by atoms with E-state index in [2.05, 4.69) is 121 Å². The summed E-state index contributed by atoms with van der Waals surface area (Å²) in [6.45, 7) is 10.5. The standard InChI is InChI=1S/C28H24NS.C15H18GeN.Ir/c1-17(2)21-13-14-29-25(16-21)23-12-8-11-22-24-15-18(3)26(20-9-6-5-7-10-20)19(4)27(24)30-28(22)23;1-12-10-15(13-8-6-5-7-9-13)17-11-14(12)16(2,3)4;/h5-11,13-17H,1-4H3;5-8,10-11H,1-4H3;/q2*-1;/i17D;;. The third-order valence-corrected chi connectivity index (χ3v) is 14.6. The summed E-state index contributed by atoms with van der Waals surface area (Å²) in [6.07, 6.45) is 3.88. The number of hydrogen-bond donors (Lipinski definition) is 0. The van der Waals surface area contributed by atoms with E-state index in [1.165, 1.54) is 52.4 Å². The Morgan fingerprint density at radius 2 is 1.50 bits per heavy atom. The molecule has 0 fully saturated rings. The van der Waals surface area contributed by atoms with Crippen LogP contribution in [0.25, 0.3) is 53.8 Å². The van der Waals surface area contributed by atoms with Crippen LogP contribution in [0.2, 0.25) is 17.3 Å². The van der Waals surface area contributed by atoms with Gasteiger partial charge in [-0.25, -0.2) is 0 Å². The van der Waals surface area contributed by atoms with E-state index < -0.39 is 19.2 Å². The minimum atomic E-state index is -1.77. The van der Waals surface area contributed by atoms with Crippen LogP contribution in [0.15, 0.2) is 103 Å². The number of fused-ring (bicyclic) bond motifs is 3. The first kappa shape index (κ1) is 34.5.